The van der Waals surface area contributed by atoms with E-state index in [2.05, 4.69) is 5.16 Å². The summed E-state index contributed by atoms with van der Waals surface area (Å²) in [5, 5.41) is 3.74. The Morgan fingerprint density at radius 1 is 1.14 bits per heavy atom. The number of oxime groups is 1. The van der Waals surface area contributed by atoms with Gasteiger partial charge in [0.25, 0.3) is 0 Å². The van der Waals surface area contributed by atoms with Crippen molar-refractivity contribution in [3.63, 3.8) is 0 Å². The maximum Gasteiger partial charge on any atom is 0.358 e. The lowest BCUT2D eigenvalue weighted by Crippen LogP contribution is -2.12. The standard InChI is InChI=1S/C14H12FNO4S/c15-10-4-6-11(7-5-10)21(17,18)20-16-13-2-1-3-14-12(13)8-9-19-14/h4-9H,1-3H2/b16-13-. The van der Waals surface area contributed by atoms with Crippen molar-refractivity contribution in [2.75, 3.05) is 0 Å². The number of nitrogens with zero attached hydrogens (tertiary/aromatic N) is 1. The van der Waals surface area contributed by atoms with Gasteiger partial charge in [0.2, 0.25) is 0 Å². The normalized spacial score (nSPS) is 16.7. The fourth-order valence-corrected chi connectivity index (χ4v) is 2.92. The molecule has 1 aliphatic rings. The quantitative estimate of drug-likeness (QED) is 0.818. The summed E-state index contributed by atoms with van der Waals surface area (Å²) in [5.41, 5.74) is 1.31. The Balaban J connectivity index is 1.85. The van der Waals surface area contributed by atoms with Gasteiger partial charge in [0.05, 0.1) is 12.0 Å². The van der Waals surface area contributed by atoms with Gasteiger partial charge in [-0.05, 0) is 43.2 Å². The maximum atomic E-state index is 12.8. The lowest BCUT2D eigenvalue weighted by atomic mass is 9.97. The third kappa shape index (κ3) is 2.82. The molecular formula is C14H12FNO4S. The van der Waals surface area contributed by atoms with E-state index in [-0.39, 0.29) is 4.90 Å². The topological polar surface area (TPSA) is 68.9 Å². The van der Waals surface area contributed by atoms with Gasteiger partial charge in [0.15, 0.2) is 0 Å². The van der Waals surface area contributed by atoms with Crippen LogP contribution >= 0.6 is 0 Å². The number of halogens is 1. The summed E-state index contributed by atoms with van der Waals surface area (Å²) < 4.78 is 46.7. The monoisotopic (exact) mass is 309 g/mol. The van der Waals surface area contributed by atoms with Gasteiger partial charge in [0.1, 0.15) is 16.5 Å². The summed E-state index contributed by atoms with van der Waals surface area (Å²) in [6.07, 6.45) is 3.77. The van der Waals surface area contributed by atoms with Crippen molar-refractivity contribution in [3.8, 4) is 0 Å². The summed E-state index contributed by atoms with van der Waals surface area (Å²) in [4.78, 5) is -0.142. The van der Waals surface area contributed by atoms with Crippen LogP contribution in [0.15, 0.2) is 51.1 Å². The first kappa shape index (κ1) is 13.8. The number of benzene rings is 1. The van der Waals surface area contributed by atoms with Crippen molar-refractivity contribution in [1.82, 2.24) is 0 Å². The number of rotatable bonds is 3. The van der Waals surface area contributed by atoms with E-state index in [4.69, 9.17) is 8.70 Å². The van der Waals surface area contributed by atoms with Crippen molar-refractivity contribution >= 4 is 15.8 Å². The van der Waals surface area contributed by atoms with Crippen LogP contribution in [0.2, 0.25) is 0 Å². The van der Waals surface area contributed by atoms with Crippen molar-refractivity contribution in [1.29, 1.82) is 0 Å². The van der Waals surface area contributed by atoms with Gasteiger partial charge in [-0.3, -0.25) is 4.28 Å². The third-order valence-corrected chi connectivity index (χ3v) is 4.34. The van der Waals surface area contributed by atoms with E-state index in [1.54, 1.807) is 12.3 Å². The average molecular weight is 309 g/mol. The number of hydrogen-bond acceptors (Lipinski definition) is 5. The molecule has 110 valence electrons. The Kier molecular flexibility index (Phi) is 3.50. The van der Waals surface area contributed by atoms with Gasteiger partial charge in [-0.2, -0.15) is 8.42 Å². The average Bonchev–Trinajstić information content (AvgIpc) is 2.94. The molecule has 0 fully saturated rings. The Bertz CT molecular complexity index is 778. The molecular weight excluding hydrogens is 297 g/mol. The SMILES string of the molecule is O=S(=O)(O/N=C1/CCCc2occc21)c1ccc(F)cc1. The van der Waals surface area contributed by atoms with E-state index in [0.717, 1.165) is 48.4 Å². The molecule has 0 saturated carbocycles. The van der Waals surface area contributed by atoms with Crippen LogP contribution < -0.4 is 0 Å². The molecule has 0 saturated heterocycles. The molecule has 0 bridgehead atoms. The van der Waals surface area contributed by atoms with Crippen molar-refractivity contribution in [2.45, 2.75) is 24.2 Å². The van der Waals surface area contributed by atoms with Crippen LogP contribution in [0.1, 0.15) is 24.2 Å². The molecule has 0 radical (unpaired) electrons. The van der Waals surface area contributed by atoms with E-state index in [1.807, 2.05) is 0 Å². The van der Waals surface area contributed by atoms with E-state index in [1.165, 1.54) is 0 Å². The summed E-state index contributed by atoms with van der Waals surface area (Å²) >= 11 is 0. The second kappa shape index (κ2) is 5.33. The molecule has 1 aromatic carbocycles. The van der Waals surface area contributed by atoms with Crippen LogP contribution in [-0.2, 0) is 20.8 Å². The molecule has 0 amide bonds. The second-order valence-corrected chi connectivity index (χ2v) is 6.16. The van der Waals surface area contributed by atoms with Crippen molar-refractivity contribution < 1.29 is 21.5 Å². The minimum Gasteiger partial charge on any atom is -0.469 e. The predicted octanol–water partition coefficient (Wildman–Crippen LogP) is 2.86. The first-order valence-corrected chi connectivity index (χ1v) is 7.80. The van der Waals surface area contributed by atoms with E-state index in [0.29, 0.717) is 12.1 Å². The zero-order valence-electron chi connectivity index (χ0n) is 11.0. The minimum absolute atomic E-state index is 0.142. The number of aryl methyl sites for hydroxylation is 1. The highest BCUT2D eigenvalue weighted by molar-refractivity contribution is 7.86. The fourth-order valence-electron chi connectivity index (χ4n) is 2.18. The summed E-state index contributed by atoms with van der Waals surface area (Å²) in [6.45, 7) is 0. The third-order valence-electron chi connectivity index (χ3n) is 3.22. The van der Waals surface area contributed by atoms with Crippen LogP contribution in [0, 0.1) is 5.82 Å². The summed E-state index contributed by atoms with van der Waals surface area (Å²) in [6, 6.07) is 6.11. The Morgan fingerprint density at radius 2 is 1.90 bits per heavy atom. The molecule has 5 nitrogen and oxygen atoms in total. The number of furan rings is 1. The molecule has 21 heavy (non-hydrogen) atoms. The van der Waals surface area contributed by atoms with Crippen LogP contribution in [0.3, 0.4) is 0 Å². The highest BCUT2D eigenvalue weighted by Crippen LogP contribution is 2.23. The van der Waals surface area contributed by atoms with Crippen LogP contribution in [-0.4, -0.2) is 14.1 Å². The Morgan fingerprint density at radius 3 is 2.67 bits per heavy atom. The molecule has 0 spiro atoms. The van der Waals surface area contributed by atoms with E-state index in [9.17, 15) is 12.8 Å². The molecule has 1 heterocycles. The lowest BCUT2D eigenvalue weighted by molar-refractivity contribution is 0.337. The Labute approximate surface area is 121 Å². The van der Waals surface area contributed by atoms with Crippen LogP contribution in [0.25, 0.3) is 0 Å². The van der Waals surface area contributed by atoms with Gasteiger partial charge in [-0.1, -0.05) is 5.16 Å². The molecule has 2 aromatic rings. The highest BCUT2D eigenvalue weighted by atomic mass is 32.2. The van der Waals surface area contributed by atoms with E-state index < -0.39 is 15.9 Å². The maximum absolute atomic E-state index is 12.8. The molecule has 0 N–H and O–H groups in total. The largest absolute Gasteiger partial charge is 0.469 e. The van der Waals surface area contributed by atoms with Crippen LogP contribution in [0.4, 0.5) is 4.39 Å². The van der Waals surface area contributed by atoms with Gasteiger partial charge in [0, 0.05) is 12.0 Å². The van der Waals surface area contributed by atoms with E-state index >= 15 is 0 Å². The van der Waals surface area contributed by atoms with Gasteiger partial charge in [-0.15, -0.1) is 0 Å². The van der Waals surface area contributed by atoms with Gasteiger partial charge in [-0.25, -0.2) is 4.39 Å². The molecule has 7 heteroatoms. The molecule has 1 aliphatic carbocycles. The minimum atomic E-state index is -4.05. The highest BCUT2D eigenvalue weighted by Gasteiger charge is 2.21. The number of fused-ring (bicyclic) bond motifs is 1. The molecule has 0 unspecified atom stereocenters. The summed E-state index contributed by atoms with van der Waals surface area (Å²) in [7, 11) is -4.05. The molecule has 0 aliphatic heterocycles. The first-order valence-electron chi connectivity index (χ1n) is 6.39. The van der Waals surface area contributed by atoms with Crippen molar-refractivity contribution in [2.24, 2.45) is 5.16 Å². The predicted molar refractivity (Wildman–Crippen MR) is 72.9 cm³/mol. The van der Waals surface area contributed by atoms with Gasteiger partial charge < -0.3 is 4.42 Å². The smallest absolute Gasteiger partial charge is 0.358 e. The Hall–Kier alpha value is -2.15. The zero-order chi connectivity index (χ0) is 14.9. The van der Waals surface area contributed by atoms with Gasteiger partial charge >= 0.3 is 10.1 Å². The second-order valence-electron chi connectivity index (χ2n) is 4.63. The first-order chi connectivity index (χ1) is 10.1. The summed E-state index contributed by atoms with van der Waals surface area (Å²) in [5.74, 6) is 0.262. The fraction of sp³-hybridized carbons (Fsp3) is 0.214. The van der Waals surface area contributed by atoms with Crippen molar-refractivity contribution in [3.05, 3.63) is 53.7 Å². The molecule has 0 atom stereocenters. The zero-order valence-corrected chi connectivity index (χ0v) is 11.8. The van der Waals surface area contributed by atoms with Crippen LogP contribution in [0.5, 0.6) is 0 Å². The lowest BCUT2D eigenvalue weighted by Gasteiger charge is -2.11. The number of hydrogen-bond donors (Lipinski definition) is 0. The molecule has 3 rings (SSSR count). The molecule has 1 aromatic heterocycles.